The van der Waals surface area contributed by atoms with Gasteiger partial charge in [0.25, 0.3) is 0 Å². The molecule has 86 valence electrons. The Morgan fingerprint density at radius 2 is 2.00 bits per heavy atom. The Kier molecular flexibility index (Phi) is 4.09. The first kappa shape index (κ1) is 12.7. The second-order valence-corrected chi connectivity index (χ2v) is 3.85. The molecule has 0 aromatic heterocycles. The maximum absolute atomic E-state index is 11.4. The number of hydrogen-bond donors (Lipinski definition) is 3. The molecule has 1 aromatic carbocycles. The number of ketones is 1. The van der Waals surface area contributed by atoms with Gasteiger partial charge in [0.1, 0.15) is 0 Å². The number of carbonyl (C=O) groups is 2. The van der Waals surface area contributed by atoms with Crippen LogP contribution in [0.4, 0.5) is 0 Å². The van der Waals surface area contributed by atoms with Crippen LogP contribution in [0.3, 0.4) is 0 Å². The molecule has 0 saturated heterocycles. The van der Waals surface area contributed by atoms with Crippen molar-refractivity contribution in [2.75, 3.05) is 0 Å². The molecule has 4 nitrogen and oxygen atoms in total. The van der Waals surface area contributed by atoms with Gasteiger partial charge < -0.3 is 10.2 Å². The van der Waals surface area contributed by atoms with Gasteiger partial charge in [-0.1, -0.05) is 6.92 Å². The van der Waals surface area contributed by atoms with Gasteiger partial charge in [0, 0.05) is 16.9 Å². The zero-order valence-electron chi connectivity index (χ0n) is 8.67. The van der Waals surface area contributed by atoms with E-state index in [9.17, 15) is 14.7 Å². The predicted octanol–water partition coefficient (Wildman–Crippen LogP) is 1.69. The fourth-order valence-electron chi connectivity index (χ4n) is 1.30. The molecule has 2 N–H and O–H groups in total. The van der Waals surface area contributed by atoms with E-state index < -0.39 is 12.1 Å². The Labute approximate surface area is 98.3 Å². The first-order valence-electron chi connectivity index (χ1n) is 4.73. The smallest absolute Gasteiger partial charge is 0.337 e. The van der Waals surface area contributed by atoms with Gasteiger partial charge in [0.05, 0.1) is 0 Å². The summed E-state index contributed by atoms with van der Waals surface area (Å²) in [7, 11) is 0. The largest absolute Gasteiger partial charge is 0.479 e. The number of carboxylic acids is 1. The van der Waals surface area contributed by atoms with Crippen molar-refractivity contribution in [3.05, 3.63) is 29.3 Å². The SMILES string of the molecule is CCC(=O)c1cc(S)cc(C(O)C(=O)O)c1. The topological polar surface area (TPSA) is 74.6 Å². The van der Waals surface area contributed by atoms with Crippen molar-refractivity contribution < 1.29 is 19.8 Å². The normalized spacial score (nSPS) is 12.2. The van der Waals surface area contributed by atoms with Crippen LogP contribution in [0.5, 0.6) is 0 Å². The summed E-state index contributed by atoms with van der Waals surface area (Å²) < 4.78 is 0. The van der Waals surface area contributed by atoms with E-state index in [2.05, 4.69) is 12.6 Å². The van der Waals surface area contributed by atoms with E-state index in [1.165, 1.54) is 12.1 Å². The number of carboxylic acid groups (broad SMARTS) is 1. The van der Waals surface area contributed by atoms with Gasteiger partial charge in [-0.25, -0.2) is 4.79 Å². The molecule has 0 aliphatic carbocycles. The van der Waals surface area contributed by atoms with E-state index in [-0.39, 0.29) is 11.3 Å². The molecule has 1 unspecified atom stereocenters. The Morgan fingerprint density at radius 3 is 2.50 bits per heavy atom. The van der Waals surface area contributed by atoms with Crippen LogP contribution in [0.2, 0.25) is 0 Å². The number of carbonyl (C=O) groups excluding carboxylic acids is 1. The number of aliphatic carboxylic acids is 1. The lowest BCUT2D eigenvalue weighted by atomic mass is 10.0. The standard InChI is InChI=1S/C11H12O4S/c1-2-9(12)6-3-7(5-8(16)4-6)10(13)11(14)15/h3-5,10,13,16H,2H2,1H3,(H,14,15). The number of Topliss-reactive ketones (excluding diaryl/α,β-unsaturated/α-hetero) is 1. The molecule has 0 aliphatic heterocycles. The predicted molar refractivity (Wildman–Crippen MR) is 60.9 cm³/mol. The highest BCUT2D eigenvalue weighted by molar-refractivity contribution is 7.80. The molecule has 5 heteroatoms. The van der Waals surface area contributed by atoms with Crippen LogP contribution in [0.25, 0.3) is 0 Å². The number of rotatable bonds is 4. The molecule has 0 amide bonds. The molecule has 0 spiro atoms. The molecule has 1 aromatic rings. The van der Waals surface area contributed by atoms with E-state index in [1.807, 2.05) is 0 Å². The first-order chi connectivity index (χ1) is 7.45. The molecule has 0 heterocycles. The molecule has 0 saturated carbocycles. The summed E-state index contributed by atoms with van der Waals surface area (Å²) in [5.41, 5.74) is 0.530. The second kappa shape index (κ2) is 5.14. The zero-order chi connectivity index (χ0) is 12.3. The number of hydrogen-bond acceptors (Lipinski definition) is 4. The number of benzene rings is 1. The molecule has 1 atom stereocenters. The Balaban J connectivity index is 3.17. The monoisotopic (exact) mass is 240 g/mol. The van der Waals surface area contributed by atoms with Gasteiger partial charge in [-0.15, -0.1) is 12.6 Å². The minimum Gasteiger partial charge on any atom is -0.479 e. The first-order valence-corrected chi connectivity index (χ1v) is 5.18. The van der Waals surface area contributed by atoms with Crippen molar-refractivity contribution in [1.29, 1.82) is 0 Å². The van der Waals surface area contributed by atoms with Crippen molar-refractivity contribution in [3.8, 4) is 0 Å². The fraction of sp³-hybridized carbons (Fsp3) is 0.273. The molecule has 0 bridgehead atoms. The third kappa shape index (κ3) is 2.84. The average molecular weight is 240 g/mol. The molecular weight excluding hydrogens is 228 g/mol. The molecule has 1 rings (SSSR count). The molecule has 0 fully saturated rings. The van der Waals surface area contributed by atoms with Crippen LogP contribution in [0.1, 0.15) is 35.4 Å². The molecule has 16 heavy (non-hydrogen) atoms. The van der Waals surface area contributed by atoms with Gasteiger partial charge in [-0.05, 0) is 23.8 Å². The van der Waals surface area contributed by atoms with Crippen molar-refractivity contribution in [2.24, 2.45) is 0 Å². The van der Waals surface area contributed by atoms with Crippen LogP contribution in [-0.2, 0) is 4.79 Å². The van der Waals surface area contributed by atoms with E-state index in [0.29, 0.717) is 16.9 Å². The Morgan fingerprint density at radius 1 is 1.38 bits per heavy atom. The van der Waals surface area contributed by atoms with Crippen LogP contribution >= 0.6 is 12.6 Å². The second-order valence-electron chi connectivity index (χ2n) is 3.33. The quantitative estimate of drug-likeness (QED) is 0.553. The van der Waals surface area contributed by atoms with E-state index in [4.69, 9.17) is 5.11 Å². The third-order valence-corrected chi connectivity index (χ3v) is 2.39. The van der Waals surface area contributed by atoms with Crippen molar-refractivity contribution in [3.63, 3.8) is 0 Å². The van der Waals surface area contributed by atoms with Gasteiger partial charge in [0.15, 0.2) is 11.9 Å². The zero-order valence-corrected chi connectivity index (χ0v) is 9.57. The van der Waals surface area contributed by atoms with Crippen LogP contribution in [0.15, 0.2) is 23.1 Å². The van der Waals surface area contributed by atoms with Gasteiger partial charge in [-0.3, -0.25) is 4.79 Å². The maximum Gasteiger partial charge on any atom is 0.337 e. The summed E-state index contributed by atoms with van der Waals surface area (Å²) in [5, 5.41) is 18.0. The summed E-state index contributed by atoms with van der Waals surface area (Å²) in [6.45, 7) is 1.71. The lowest BCUT2D eigenvalue weighted by Crippen LogP contribution is -2.11. The van der Waals surface area contributed by atoms with Gasteiger partial charge in [0.2, 0.25) is 0 Å². The summed E-state index contributed by atoms with van der Waals surface area (Å²) in [5.74, 6) is -1.47. The van der Waals surface area contributed by atoms with E-state index in [0.717, 1.165) is 0 Å². The summed E-state index contributed by atoms with van der Waals surface area (Å²) >= 11 is 4.06. The highest BCUT2D eigenvalue weighted by Gasteiger charge is 2.17. The summed E-state index contributed by atoms with van der Waals surface area (Å²) in [6, 6.07) is 4.35. The number of aliphatic hydroxyl groups is 1. The molecule has 0 radical (unpaired) electrons. The van der Waals surface area contributed by atoms with Crippen LogP contribution in [0, 0.1) is 0 Å². The van der Waals surface area contributed by atoms with Gasteiger partial charge >= 0.3 is 5.97 Å². The average Bonchev–Trinajstić information content (AvgIpc) is 2.25. The molecular formula is C11H12O4S. The Hall–Kier alpha value is -1.33. The van der Waals surface area contributed by atoms with Crippen LogP contribution in [-0.4, -0.2) is 22.0 Å². The number of thiol groups is 1. The third-order valence-electron chi connectivity index (χ3n) is 2.13. The minimum absolute atomic E-state index is 0.116. The maximum atomic E-state index is 11.4. The summed E-state index contributed by atoms with van der Waals surface area (Å²) in [6.07, 6.45) is -1.31. The van der Waals surface area contributed by atoms with Crippen LogP contribution < -0.4 is 0 Å². The molecule has 0 aliphatic rings. The highest BCUT2D eigenvalue weighted by Crippen LogP contribution is 2.20. The van der Waals surface area contributed by atoms with Crippen molar-refractivity contribution in [1.82, 2.24) is 0 Å². The lowest BCUT2D eigenvalue weighted by molar-refractivity contribution is -0.146. The Bertz CT molecular complexity index is 428. The minimum atomic E-state index is -1.63. The van der Waals surface area contributed by atoms with E-state index >= 15 is 0 Å². The number of aliphatic hydroxyl groups excluding tert-OH is 1. The van der Waals surface area contributed by atoms with Crippen molar-refractivity contribution >= 4 is 24.4 Å². The lowest BCUT2D eigenvalue weighted by Gasteiger charge is -2.08. The van der Waals surface area contributed by atoms with Gasteiger partial charge in [-0.2, -0.15) is 0 Å². The fourth-order valence-corrected chi connectivity index (χ4v) is 1.59. The highest BCUT2D eigenvalue weighted by atomic mass is 32.1. The summed E-state index contributed by atoms with van der Waals surface area (Å²) in [4.78, 5) is 22.5. The van der Waals surface area contributed by atoms with E-state index in [1.54, 1.807) is 13.0 Å². The van der Waals surface area contributed by atoms with Crippen molar-refractivity contribution in [2.45, 2.75) is 24.3 Å².